The van der Waals surface area contributed by atoms with Crippen LogP contribution < -0.4 is 4.72 Å². The Morgan fingerprint density at radius 1 is 1.45 bits per heavy atom. The standard InChI is InChI=1S/C12H11N3O3S2/c1-9-4-5-10(3-2-6-16)7-11(9)20(17,18)15-12-14-13-8-19-12/h4-5,7-8,16H,6H2,1H3,(H,14,15). The van der Waals surface area contributed by atoms with Crippen molar-refractivity contribution in [3.63, 3.8) is 0 Å². The summed E-state index contributed by atoms with van der Waals surface area (Å²) in [6, 6.07) is 4.82. The third-order valence-corrected chi connectivity index (χ3v) is 4.59. The maximum atomic E-state index is 12.3. The molecule has 8 heteroatoms. The number of nitrogens with one attached hydrogen (secondary N) is 1. The highest BCUT2D eigenvalue weighted by atomic mass is 32.2. The monoisotopic (exact) mass is 309 g/mol. The van der Waals surface area contributed by atoms with Crippen LogP contribution in [0.3, 0.4) is 0 Å². The number of sulfonamides is 1. The van der Waals surface area contributed by atoms with E-state index in [1.54, 1.807) is 19.1 Å². The first-order chi connectivity index (χ1) is 9.53. The van der Waals surface area contributed by atoms with E-state index in [1.165, 1.54) is 11.6 Å². The molecule has 0 bridgehead atoms. The predicted octanol–water partition coefficient (Wildman–Crippen LogP) is 0.991. The molecule has 0 aliphatic rings. The Morgan fingerprint density at radius 2 is 2.25 bits per heavy atom. The number of aromatic nitrogens is 2. The van der Waals surface area contributed by atoms with Crippen molar-refractivity contribution < 1.29 is 13.5 Å². The number of hydrogen-bond donors (Lipinski definition) is 2. The predicted molar refractivity (Wildman–Crippen MR) is 75.9 cm³/mol. The molecular formula is C12H11N3O3S2. The van der Waals surface area contributed by atoms with E-state index in [4.69, 9.17) is 5.11 Å². The number of aliphatic hydroxyl groups is 1. The smallest absolute Gasteiger partial charge is 0.264 e. The van der Waals surface area contributed by atoms with Crippen molar-refractivity contribution in [3.8, 4) is 11.8 Å². The molecule has 0 fully saturated rings. The van der Waals surface area contributed by atoms with Crippen LogP contribution in [0.25, 0.3) is 0 Å². The summed E-state index contributed by atoms with van der Waals surface area (Å²) >= 11 is 1.09. The number of anilines is 1. The van der Waals surface area contributed by atoms with E-state index in [9.17, 15) is 8.42 Å². The van der Waals surface area contributed by atoms with Crippen LogP contribution in [0, 0.1) is 18.8 Å². The molecule has 0 saturated heterocycles. The van der Waals surface area contributed by atoms with E-state index >= 15 is 0 Å². The van der Waals surface area contributed by atoms with Gasteiger partial charge in [0.2, 0.25) is 5.13 Å². The fraction of sp³-hybridized carbons (Fsp3) is 0.167. The van der Waals surface area contributed by atoms with Crippen molar-refractivity contribution in [1.29, 1.82) is 0 Å². The fourth-order valence-corrected chi connectivity index (χ4v) is 3.46. The average Bonchev–Trinajstić information content (AvgIpc) is 2.89. The molecule has 0 aliphatic heterocycles. The van der Waals surface area contributed by atoms with E-state index in [0.29, 0.717) is 11.1 Å². The zero-order chi connectivity index (χ0) is 14.6. The molecule has 6 nitrogen and oxygen atoms in total. The first-order valence-corrected chi connectivity index (χ1v) is 7.88. The molecule has 2 N–H and O–H groups in total. The number of rotatable bonds is 3. The topological polar surface area (TPSA) is 92.2 Å². The summed E-state index contributed by atoms with van der Waals surface area (Å²) in [5.74, 6) is 5.15. The summed E-state index contributed by atoms with van der Waals surface area (Å²) in [6.07, 6.45) is 0. The van der Waals surface area contributed by atoms with Gasteiger partial charge in [0.25, 0.3) is 10.0 Å². The lowest BCUT2D eigenvalue weighted by molar-refractivity contribution is 0.350. The van der Waals surface area contributed by atoms with E-state index in [2.05, 4.69) is 26.8 Å². The van der Waals surface area contributed by atoms with Crippen LogP contribution in [-0.4, -0.2) is 30.3 Å². The highest BCUT2D eigenvalue weighted by Gasteiger charge is 2.18. The van der Waals surface area contributed by atoms with E-state index < -0.39 is 10.0 Å². The number of benzene rings is 1. The zero-order valence-corrected chi connectivity index (χ0v) is 12.1. The van der Waals surface area contributed by atoms with Crippen LogP contribution in [0.2, 0.25) is 0 Å². The van der Waals surface area contributed by atoms with Crippen LogP contribution in [0.15, 0.2) is 28.6 Å². The minimum Gasteiger partial charge on any atom is -0.384 e. The highest BCUT2D eigenvalue weighted by molar-refractivity contribution is 7.93. The summed E-state index contributed by atoms with van der Waals surface area (Å²) in [7, 11) is -3.73. The molecule has 0 saturated carbocycles. The number of aryl methyl sites for hydroxylation is 1. The third-order valence-electron chi connectivity index (χ3n) is 2.37. The van der Waals surface area contributed by atoms with Crippen LogP contribution in [-0.2, 0) is 10.0 Å². The lowest BCUT2D eigenvalue weighted by Gasteiger charge is -2.08. The second-order valence-corrected chi connectivity index (χ2v) is 6.27. The molecule has 1 aromatic heterocycles. The summed E-state index contributed by atoms with van der Waals surface area (Å²) in [6.45, 7) is 1.41. The molecule has 0 aliphatic carbocycles. The second-order valence-electron chi connectivity index (χ2n) is 3.79. The molecule has 1 aromatic carbocycles. The first kappa shape index (κ1) is 14.5. The van der Waals surface area contributed by atoms with Gasteiger partial charge < -0.3 is 5.11 Å². The minimum absolute atomic E-state index is 0.123. The van der Waals surface area contributed by atoms with E-state index in [-0.39, 0.29) is 16.6 Å². The molecule has 1 heterocycles. The van der Waals surface area contributed by atoms with Crippen molar-refractivity contribution in [3.05, 3.63) is 34.8 Å². The van der Waals surface area contributed by atoms with Crippen molar-refractivity contribution in [2.75, 3.05) is 11.3 Å². The van der Waals surface area contributed by atoms with Crippen molar-refractivity contribution in [2.24, 2.45) is 0 Å². The zero-order valence-electron chi connectivity index (χ0n) is 10.5. The largest absolute Gasteiger partial charge is 0.384 e. The average molecular weight is 309 g/mol. The lowest BCUT2D eigenvalue weighted by Crippen LogP contribution is -2.14. The summed E-state index contributed by atoms with van der Waals surface area (Å²) in [5.41, 5.74) is 2.55. The Balaban J connectivity index is 2.40. The Bertz CT molecular complexity index is 759. The molecule has 2 rings (SSSR count). The van der Waals surface area contributed by atoms with Gasteiger partial charge in [-0.1, -0.05) is 29.2 Å². The van der Waals surface area contributed by atoms with Gasteiger partial charge in [-0.2, -0.15) is 0 Å². The number of aliphatic hydroxyl groups excluding tert-OH is 1. The van der Waals surface area contributed by atoms with Gasteiger partial charge in [0.1, 0.15) is 12.1 Å². The molecule has 20 heavy (non-hydrogen) atoms. The van der Waals surface area contributed by atoms with Crippen LogP contribution in [0.1, 0.15) is 11.1 Å². The molecule has 0 atom stereocenters. The van der Waals surface area contributed by atoms with Gasteiger partial charge in [0.05, 0.1) is 4.90 Å². The first-order valence-electron chi connectivity index (χ1n) is 5.52. The van der Waals surface area contributed by atoms with Crippen LogP contribution in [0.4, 0.5) is 5.13 Å². The summed E-state index contributed by atoms with van der Waals surface area (Å²) in [4.78, 5) is 0.123. The van der Waals surface area contributed by atoms with Crippen molar-refractivity contribution in [1.82, 2.24) is 10.2 Å². The summed E-state index contributed by atoms with van der Waals surface area (Å²) < 4.78 is 26.9. The third kappa shape index (κ3) is 3.33. The Morgan fingerprint density at radius 3 is 2.90 bits per heavy atom. The van der Waals surface area contributed by atoms with Crippen molar-refractivity contribution in [2.45, 2.75) is 11.8 Å². The second kappa shape index (κ2) is 6.00. The Kier molecular flexibility index (Phi) is 4.34. The van der Waals surface area contributed by atoms with Gasteiger partial charge in [-0.15, -0.1) is 10.2 Å². The van der Waals surface area contributed by atoms with E-state index in [0.717, 1.165) is 11.3 Å². The maximum absolute atomic E-state index is 12.3. The highest BCUT2D eigenvalue weighted by Crippen LogP contribution is 2.21. The van der Waals surface area contributed by atoms with Gasteiger partial charge in [0, 0.05) is 5.56 Å². The van der Waals surface area contributed by atoms with Crippen LogP contribution >= 0.6 is 11.3 Å². The normalized spacial score (nSPS) is 10.7. The van der Waals surface area contributed by atoms with Gasteiger partial charge in [0.15, 0.2) is 0 Å². The molecular weight excluding hydrogens is 298 g/mol. The minimum atomic E-state index is -3.73. The number of hydrogen-bond acceptors (Lipinski definition) is 6. The molecule has 2 aromatic rings. The van der Waals surface area contributed by atoms with E-state index in [1.807, 2.05) is 0 Å². The quantitative estimate of drug-likeness (QED) is 0.825. The molecule has 0 radical (unpaired) electrons. The Hall–Kier alpha value is -1.95. The van der Waals surface area contributed by atoms with Crippen molar-refractivity contribution >= 4 is 26.5 Å². The van der Waals surface area contributed by atoms with Gasteiger partial charge in [-0.3, -0.25) is 4.72 Å². The summed E-state index contributed by atoms with van der Waals surface area (Å²) in [5, 5.41) is 16.1. The van der Waals surface area contributed by atoms with Gasteiger partial charge in [-0.25, -0.2) is 8.42 Å². The SMILES string of the molecule is Cc1ccc(C#CCO)cc1S(=O)(=O)Nc1nncs1. The molecule has 104 valence electrons. The fourth-order valence-electron chi connectivity index (χ4n) is 1.50. The van der Waals surface area contributed by atoms with Crippen LogP contribution in [0.5, 0.6) is 0 Å². The Labute approximate surface area is 120 Å². The number of nitrogens with zero attached hydrogens (tertiary/aromatic N) is 2. The molecule has 0 unspecified atom stereocenters. The maximum Gasteiger partial charge on any atom is 0.264 e. The molecule has 0 amide bonds. The molecule has 0 spiro atoms. The van der Waals surface area contributed by atoms with Gasteiger partial charge >= 0.3 is 0 Å². The van der Waals surface area contributed by atoms with Gasteiger partial charge in [-0.05, 0) is 24.6 Å². The lowest BCUT2D eigenvalue weighted by atomic mass is 10.1.